The Morgan fingerprint density at radius 2 is 1.68 bits per heavy atom. The SMILES string of the molecule is N#Cc1ccc(NCc2cn(Cc3ccccc3)nc2-c2ccccc2)cn1. The fraction of sp³-hybridized carbons (Fsp3) is 0.0870. The van der Waals surface area contributed by atoms with Crippen LogP contribution in [0, 0.1) is 11.3 Å². The van der Waals surface area contributed by atoms with E-state index in [4.69, 9.17) is 10.4 Å². The first-order valence-electron chi connectivity index (χ1n) is 9.07. The Morgan fingerprint density at radius 3 is 2.36 bits per heavy atom. The highest BCUT2D eigenvalue weighted by Gasteiger charge is 2.11. The molecule has 2 heterocycles. The third kappa shape index (κ3) is 4.08. The maximum absolute atomic E-state index is 8.88. The molecule has 5 nitrogen and oxygen atoms in total. The number of benzene rings is 2. The van der Waals surface area contributed by atoms with Gasteiger partial charge in [-0.25, -0.2) is 4.98 Å². The lowest BCUT2D eigenvalue weighted by Crippen LogP contribution is -2.01. The molecule has 0 saturated heterocycles. The van der Waals surface area contributed by atoms with E-state index in [2.05, 4.69) is 40.8 Å². The average Bonchev–Trinajstić information content (AvgIpc) is 3.16. The van der Waals surface area contributed by atoms with Gasteiger partial charge in [0.15, 0.2) is 0 Å². The monoisotopic (exact) mass is 365 g/mol. The van der Waals surface area contributed by atoms with Crippen molar-refractivity contribution in [1.82, 2.24) is 14.8 Å². The summed E-state index contributed by atoms with van der Waals surface area (Å²) in [5.41, 5.74) is 5.64. The fourth-order valence-corrected chi connectivity index (χ4v) is 3.04. The summed E-state index contributed by atoms with van der Waals surface area (Å²) >= 11 is 0. The molecule has 28 heavy (non-hydrogen) atoms. The molecule has 0 aliphatic carbocycles. The lowest BCUT2D eigenvalue weighted by atomic mass is 10.1. The minimum absolute atomic E-state index is 0.409. The Hall–Kier alpha value is -3.91. The van der Waals surface area contributed by atoms with Crippen molar-refractivity contribution in [3.05, 3.63) is 102 Å². The molecule has 0 aliphatic rings. The third-order valence-electron chi connectivity index (χ3n) is 4.43. The summed E-state index contributed by atoms with van der Waals surface area (Å²) in [5.74, 6) is 0. The van der Waals surface area contributed by atoms with Crippen LogP contribution in [0.1, 0.15) is 16.8 Å². The van der Waals surface area contributed by atoms with Crippen LogP contribution >= 0.6 is 0 Å². The van der Waals surface area contributed by atoms with Gasteiger partial charge in [-0.05, 0) is 17.7 Å². The van der Waals surface area contributed by atoms with Gasteiger partial charge >= 0.3 is 0 Å². The number of hydrogen-bond acceptors (Lipinski definition) is 4. The summed E-state index contributed by atoms with van der Waals surface area (Å²) in [7, 11) is 0. The average molecular weight is 365 g/mol. The molecule has 0 aliphatic heterocycles. The number of nitriles is 1. The second-order valence-electron chi connectivity index (χ2n) is 6.45. The Labute approximate surface area is 163 Å². The summed E-state index contributed by atoms with van der Waals surface area (Å²) in [5, 5.41) is 17.1. The van der Waals surface area contributed by atoms with Crippen LogP contribution in [0.3, 0.4) is 0 Å². The van der Waals surface area contributed by atoms with Crippen LogP contribution in [0.5, 0.6) is 0 Å². The van der Waals surface area contributed by atoms with Crippen LogP contribution in [0.25, 0.3) is 11.3 Å². The van der Waals surface area contributed by atoms with E-state index in [1.807, 2.05) is 53.2 Å². The summed E-state index contributed by atoms with van der Waals surface area (Å²) in [6.07, 6.45) is 3.76. The fourth-order valence-electron chi connectivity index (χ4n) is 3.04. The smallest absolute Gasteiger partial charge is 0.140 e. The van der Waals surface area contributed by atoms with Crippen molar-refractivity contribution in [2.24, 2.45) is 0 Å². The largest absolute Gasteiger partial charge is 0.380 e. The second kappa shape index (κ2) is 8.19. The molecule has 0 saturated carbocycles. The van der Waals surface area contributed by atoms with Crippen molar-refractivity contribution >= 4 is 5.69 Å². The van der Waals surface area contributed by atoms with Crippen molar-refractivity contribution < 1.29 is 0 Å². The molecule has 0 fully saturated rings. The van der Waals surface area contributed by atoms with Gasteiger partial charge in [0.25, 0.3) is 0 Å². The molecule has 0 spiro atoms. The van der Waals surface area contributed by atoms with Crippen LogP contribution in [0.2, 0.25) is 0 Å². The van der Waals surface area contributed by atoms with E-state index in [9.17, 15) is 0 Å². The van der Waals surface area contributed by atoms with E-state index >= 15 is 0 Å². The topological polar surface area (TPSA) is 66.5 Å². The molecule has 4 aromatic rings. The number of nitrogens with zero attached hydrogens (tertiary/aromatic N) is 4. The first-order chi connectivity index (χ1) is 13.8. The number of pyridine rings is 1. The van der Waals surface area contributed by atoms with Gasteiger partial charge in [-0.2, -0.15) is 10.4 Å². The number of aromatic nitrogens is 3. The van der Waals surface area contributed by atoms with Crippen LogP contribution < -0.4 is 5.32 Å². The van der Waals surface area contributed by atoms with Gasteiger partial charge in [0.2, 0.25) is 0 Å². The van der Waals surface area contributed by atoms with E-state index in [1.165, 1.54) is 5.56 Å². The van der Waals surface area contributed by atoms with E-state index in [1.54, 1.807) is 12.3 Å². The van der Waals surface area contributed by atoms with E-state index in [0.717, 1.165) is 29.1 Å². The highest BCUT2D eigenvalue weighted by atomic mass is 15.3. The molecule has 0 amide bonds. The van der Waals surface area contributed by atoms with Crippen molar-refractivity contribution in [3.8, 4) is 17.3 Å². The summed E-state index contributed by atoms with van der Waals surface area (Å²) in [4.78, 5) is 4.11. The summed E-state index contributed by atoms with van der Waals surface area (Å²) in [6, 6.07) is 26.1. The van der Waals surface area contributed by atoms with Gasteiger partial charge in [0, 0.05) is 23.9 Å². The van der Waals surface area contributed by atoms with Gasteiger partial charge in [0.1, 0.15) is 11.8 Å². The first-order valence-corrected chi connectivity index (χ1v) is 9.07. The molecule has 0 radical (unpaired) electrons. The van der Waals surface area contributed by atoms with E-state index < -0.39 is 0 Å². The quantitative estimate of drug-likeness (QED) is 0.547. The molecule has 0 unspecified atom stereocenters. The van der Waals surface area contributed by atoms with Crippen molar-refractivity contribution in [2.75, 3.05) is 5.32 Å². The summed E-state index contributed by atoms with van der Waals surface area (Å²) < 4.78 is 1.98. The molecular formula is C23H19N5. The highest BCUT2D eigenvalue weighted by molar-refractivity contribution is 5.63. The molecule has 0 bridgehead atoms. The zero-order chi connectivity index (χ0) is 19.2. The minimum atomic E-state index is 0.409. The second-order valence-corrected chi connectivity index (χ2v) is 6.45. The van der Waals surface area contributed by atoms with E-state index in [0.29, 0.717) is 12.2 Å². The molecule has 1 N–H and O–H groups in total. The van der Waals surface area contributed by atoms with Gasteiger partial charge in [-0.1, -0.05) is 60.7 Å². The zero-order valence-corrected chi connectivity index (χ0v) is 15.3. The maximum Gasteiger partial charge on any atom is 0.140 e. The van der Waals surface area contributed by atoms with Crippen LogP contribution in [-0.2, 0) is 13.1 Å². The predicted molar refractivity (Wildman–Crippen MR) is 109 cm³/mol. The van der Waals surface area contributed by atoms with Crippen LogP contribution in [0.4, 0.5) is 5.69 Å². The Bertz CT molecular complexity index is 1080. The van der Waals surface area contributed by atoms with Crippen molar-refractivity contribution in [2.45, 2.75) is 13.1 Å². The van der Waals surface area contributed by atoms with Gasteiger partial charge in [-0.15, -0.1) is 0 Å². The Morgan fingerprint density at radius 1 is 0.929 bits per heavy atom. The van der Waals surface area contributed by atoms with Crippen LogP contribution in [0.15, 0.2) is 85.2 Å². The first kappa shape index (κ1) is 17.5. The predicted octanol–water partition coefficient (Wildman–Crippen LogP) is 4.48. The number of hydrogen-bond donors (Lipinski definition) is 1. The molecule has 136 valence electrons. The molecule has 2 aromatic carbocycles. The molecule has 2 aromatic heterocycles. The molecule has 4 rings (SSSR count). The Balaban J connectivity index is 1.59. The summed E-state index contributed by atoms with van der Waals surface area (Å²) in [6.45, 7) is 1.34. The van der Waals surface area contributed by atoms with Crippen molar-refractivity contribution in [1.29, 1.82) is 5.26 Å². The lowest BCUT2D eigenvalue weighted by molar-refractivity contribution is 0.688. The number of rotatable bonds is 6. The van der Waals surface area contributed by atoms with Crippen LogP contribution in [-0.4, -0.2) is 14.8 Å². The van der Waals surface area contributed by atoms with Gasteiger partial charge < -0.3 is 5.32 Å². The lowest BCUT2D eigenvalue weighted by Gasteiger charge is -2.06. The third-order valence-corrected chi connectivity index (χ3v) is 4.43. The molecule has 0 atom stereocenters. The van der Waals surface area contributed by atoms with E-state index in [-0.39, 0.29) is 0 Å². The zero-order valence-electron chi connectivity index (χ0n) is 15.3. The minimum Gasteiger partial charge on any atom is -0.380 e. The number of nitrogens with one attached hydrogen (secondary N) is 1. The molecule has 5 heteroatoms. The van der Waals surface area contributed by atoms with Gasteiger partial charge in [-0.3, -0.25) is 4.68 Å². The standard InChI is InChI=1S/C23H19N5/c24-13-21-11-12-22(15-26-21)25-14-20-17-28(16-18-7-3-1-4-8-18)27-23(20)19-9-5-2-6-10-19/h1-12,15,17,25H,14,16H2. The van der Waals surface area contributed by atoms with Gasteiger partial charge in [0.05, 0.1) is 24.1 Å². The molecular weight excluding hydrogens is 346 g/mol. The number of anilines is 1. The maximum atomic E-state index is 8.88. The highest BCUT2D eigenvalue weighted by Crippen LogP contribution is 2.23. The van der Waals surface area contributed by atoms with Crippen molar-refractivity contribution in [3.63, 3.8) is 0 Å². The Kier molecular flexibility index (Phi) is 5.12. The normalized spacial score (nSPS) is 10.4.